The number of carbonyl (C=O) groups excluding carboxylic acids is 1. The Hall–Kier alpha value is -4.21. The first-order valence-electron chi connectivity index (χ1n) is 11.0. The monoisotopic (exact) mass is 424 g/mol. The third kappa shape index (κ3) is 1.97. The molecule has 33 heavy (non-hydrogen) atoms. The minimum absolute atomic E-state index is 0.300. The molecule has 0 fully saturated rings. The number of Topliss-reactive ketones (excluding diaryl/α,β-unsaturated/α-hetero) is 1. The fourth-order valence-electron chi connectivity index (χ4n) is 6.03. The van der Waals surface area contributed by atoms with Gasteiger partial charge in [0, 0.05) is 5.56 Å². The van der Waals surface area contributed by atoms with Crippen LogP contribution in [-0.2, 0) is 0 Å². The van der Waals surface area contributed by atoms with Crippen LogP contribution in [-0.4, -0.2) is 22.1 Å². The van der Waals surface area contributed by atoms with Crippen molar-refractivity contribution in [2.75, 3.05) is 0 Å². The van der Waals surface area contributed by atoms with Gasteiger partial charge in [0.25, 0.3) is 0 Å². The molecule has 0 radical (unpaired) electrons. The molecule has 1 atom stereocenters. The SMILES string of the molecule is O=C1c2cc3ccc4cc5c6ccccc6cc6ccc7cc(c2C=C(O)C1O)c3c4c7c65. The average Bonchev–Trinajstić information content (AvgIpc) is 2.84. The molecule has 154 valence electrons. The Labute approximate surface area is 187 Å². The number of aliphatic hydroxyl groups is 2. The summed E-state index contributed by atoms with van der Waals surface area (Å²) < 4.78 is 0. The van der Waals surface area contributed by atoms with Crippen LogP contribution >= 0.6 is 0 Å². The smallest absolute Gasteiger partial charge is 0.199 e. The lowest BCUT2D eigenvalue weighted by atomic mass is 9.81. The van der Waals surface area contributed by atoms with E-state index in [4.69, 9.17) is 0 Å². The van der Waals surface area contributed by atoms with E-state index in [0.717, 1.165) is 26.9 Å². The molecule has 0 saturated heterocycles. The highest BCUT2D eigenvalue weighted by Crippen LogP contribution is 2.47. The molecular formula is C30H16O3. The predicted molar refractivity (Wildman–Crippen MR) is 135 cm³/mol. The summed E-state index contributed by atoms with van der Waals surface area (Å²) in [7, 11) is 0. The highest BCUT2D eigenvalue weighted by Gasteiger charge is 2.30. The van der Waals surface area contributed by atoms with E-state index in [1.165, 1.54) is 37.7 Å². The highest BCUT2D eigenvalue weighted by molar-refractivity contribution is 6.39. The van der Waals surface area contributed by atoms with Gasteiger partial charge in [-0.15, -0.1) is 0 Å². The molecule has 0 heterocycles. The zero-order valence-corrected chi connectivity index (χ0v) is 17.4. The Balaban J connectivity index is 1.68. The van der Waals surface area contributed by atoms with Gasteiger partial charge in [-0.1, -0.05) is 48.5 Å². The summed E-state index contributed by atoms with van der Waals surface area (Å²) in [5.74, 6) is -0.759. The van der Waals surface area contributed by atoms with E-state index < -0.39 is 11.9 Å². The molecule has 3 nitrogen and oxygen atoms in total. The molecule has 1 aliphatic carbocycles. The average molecular weight is 424 g/mol. The standard InChI is InChI=1S/C30H16O3/c31-24-13-20-22-11-18-7-5-15-9-14-3-1-2-4-19(14)21-10-17-8-6-16(12-23(20)29(32)30(24)33)26(22)28(17)27(18)25(15)21/h1-13,30-31,33H. The topological polar surface area (TPSA) is 57.5 Å². The fraction of sp³-hybridized carbons (Fsp3) is 0.0333. The number of rotatable bonds is 0. The number of fused-ring (bicyclic) bond motifs is 4. The second-order valence-corrected chi connectivity index (χ2v) is 9.14. The predicted octanol–water partition coefficient (Wildman–Crippen LogP) is 6.94. The van der Waals surface area contributed by atoms with E-state index >= 15 is 0 Å². The van der Waals surface area contributed by atoms with E-state index in [9.17, 15) is 15.0 Å². The van der Waals surface area contributed by atoms with Crippen LogP contribution in [0.5, 0.6) is 0 Å². The van der Waals surface area contributed by atoms with Gasteiger partial charge in [0.15, 0.2) is 11.9 Å². The maximum atomic E-state index is 12.8. The molecule has 1 aliphatic rings. The first kappa shape index (κ1) is 17.4. The van der Waals surface area contributed by atoms with Crippen molar-refractivity contribution in [1.29, 1.82) is 0 Å². The number of carbonyl (C=O) groups is 1. The second kappa shape index (κ2) is 5.58. The van der Waals surface area contributed by atoms with Gasteiger partial charge >= 0.3 is 0 Å². The zero-order chi connectivity index (χ0) is 22.0. The van der Waals surface area contributed by atoms with Crippen LogP contribution in [0.25, 0.3) is 70.7 Å². The first-order valence-corrected chi connectivity index (χ1v) is 11.0. The highest BCUT2D eigenvalue weighted by atomic mass is 16.3. The molecule has 3 heteroatoms. The molecule has 8 rings (SSSR count). The fourth-order valence-corrected chi connectivity index (χ4v) is 6.03. The van der Waals surface area contributed by atoms with Crippen LogP contribution in [0.4, 0.5) is 0 Å². The summed E-state index contributed by atoms with van der Waals surface area (Å²) in [6.45, 7) is 0. The number of hydrogen-bond acceptors (Lipinski definition) is 3. The number of ketones is 1. The van der Waals surface area contributed by atoms with E-state index in [-0.39, 0.29) is 5.76 Å². The van der Waals surface area contributed by atoms with Crippen molar-refractivity contribution in [2.24, 2.45) is 0 Å². The van der Waals surface area contributed by atoms with Gasteiger partial charge in [-0.3, -0.25) is 4.79 Å². The third-order valence-corrected chi connectivity index (χ3v) is 7.46. The summed E-state index contributed by atoms with van der Waals surface area (Å²) in [5.41, 5.74) is 1.13. The second-order valence-electron chi connectivity index (χ2n) is 9.14. The normalized spacial score (nSPS) is 16.7. The molecule has 0 saturated carbocycles. The zero-order valence-electron chi connectivity index (χ0n) is 17.4. The Kier molecular flexibility index (Phi) is 2.93. The van der Waals surface area contributed by atoms with Gasteiger partial charge in [-0.25, -0.2) is 0 Å². The van der Waals surface area contributed by atoms with Crippen LogP contribution in [0, 0.1) is 0 Å². The van der Waals surface area contributed by atoms with Crippen molar-refractivity contribution in [1.82, 2.24) is 0 Å². The number of benzene rings is 7. The van der Waals surface area contributed by atoms with E-state index in [0.29, 0.717) is 11.1 Å². The molecular weight excluding hydrogens is 408 g/mol. The van der Waals surface area contributed by atoms with Crippen molar-refractivity contribution >= 4 is 76.5 Å². The van der Waals surface area contributed by atoms with Crippen LogP contribution in [0.1, 0.15) is 15.9 Å². The molecule has 0 spiro atoms. The molecule has 7 aromatic carbocycles. The van der Waals surface area contributed by atoms with Crippen molar-refractivity contribution in [3.63, 3.8) is 0 Å². The van der Waals surface area contributed by atoms with Crippen LogP contribution in [0.2, 0.25) is 0 Å². The first-order chi connectivity index (χ1) is 16.1. The van der Waals surface area contributed by atoms with Gasteiger partial charge in [0.2, 0.25) is 0 Å². The number of aliphatic hydroxyl groups excluding tert-OH is 2. The molecule has 0 aromatic heterocycles. The lowest BCUT2D eigenvalue weighted by Crippen LogP contribution is -2.26. The Bertz CT molecular complexity index is 2010. The molecule has 0 aliphatic heterocycles. The van der Waals surface area contributed by atoms with Crippen LogP contribution in [0.3, 0.4) is 0 Å². The third-order valence-electron chi connectivity index (χ3n) is 7.46. The largest absolute Gasteiger partial charge is 0.509 e. The van der Waals surface area contributed by atoms with Crippen molar-refractivity contribution in [3.05, 3.63) is 89.7 Å². The van der Waals surface area contributed by atoms with E-state index in [1.807, 2.05) is 6.07 Å². The van der Waals surface area contributed by atoms with Crippen LogP contribution < -0.4 is 0 Å². The molecule has 2 N–H and O–H groups in total. The van der Waals surface area contributed by atoms with E-state index in [2.05, 4.69) is 66.7 Å². The van der Waals surface area contributed by atoms with Crippen LogP contribution in [0.15, 0.2) is 78.6 Å². The van der Waals surface area contributed by atoms with Gasteiger partial charge < -0.3 is 10.2 Å². The maximum absolute atomic E-state index is 12.8. The van der Waals surface area contributed by atoms with Crippen molar-refractivity contribution in [3.8, 4) is 0 Å². The van der Waals surface area contributed by atoms with Crippen molar-refractivity contribution < 1.29 is 15.0 Å². The minimum atomic E-state index is -1.50. The van der Waals surface area contributed by atoms with Gasteiger partial charge in [0.1, 0.15) is 5.76 Å². The lowest BCUT2D eigenvalue weighted by Gasteiger charge is -2.23. The van der Waals surface area contributed by atoms with E-state index in [1.54, 1.807) is 6.08 Å². The van der Waals surface area contributed by atoms with Gasteiger partial charge in [-0.05, 0) is 101 Å². The maximum Gasteiger partial charge on any atom is 0.199 e. The quantitative estimate of drug-likeness (QED) is 0.205. The molecule has 0 bridgehead atoms. The Morgan fingerprint density at radius 1 is 0.606 bits per heavy atom. The van der Waals surface area contributed by atoms with Gasteiger partial charge in [-0.2, -0.15) is 0 Å². The van der Waals surface area contributed by atoms with Gasteiger partial charge in [0.05, 0.1) is 0 Å². The Morgan fingerprint density at radius 3 is 1.97 bits per heavy atom. The summed E-state index contributed by atoms with van der Waals surface area (Å²) >= 11 is 0. The minimum Gasteiger partial charge on any atom is -0.509 e. The summed E-state index contributed by atoms with van der Waals surface area (Å²) in [5, 5.41) is 34.2. The lowest BCUT2D eigenvalue weighted by molar-refractivity contribution is 0.0731. The summed E-state index contributed by atoms with van der Waals surface area (Å²) in [4.78, 5) is 12.8. The molecule has 1 unspecified atom stereocenters. The molecule has 7 aromatic rings. The Morgan fingerprint density at radius 2 is 1.21 bits per heavy atom. The summed E-state index contributed by atoms with van der Waals surface area (Å²) in [6, 6.07) is 25.6. The summed E-state index contributed by atoms with van der Waals surface area (Å²) in [6.07, 6.45) is 0.0487. The number of hydrogen-bond donors (Lipinski definition) is 2. The van der Waals surface area contributed by atoms with Crippen molar-refractivity contribution in [2.45, 2.75) is 6.10 Å². The molecule has 0 amide bonds.